The van der Waals surface area contributed by atoms with Crippen LogP contribution in [0, 0.1) is 0 Å². The van der Waals surface area contributed by atoms with Crippen molar-refractivity contribution in [1.29, 1.82) is 0 Å². The van der Waals surface area contributed by atoms with Crippen LogP contribution >= 0.6 is 0 Å². The molecule has 4 heteroatoms. The summed E-state index contributed by atoms with van der Waals surface area (Å²) in [7, 11) is 0. The maximum Gasteiger partial charge on any atom is 0.339 e. The molecule has 0 saturated carbocycles. The molecule has 0 unspecified atom stereocenters. The second kappa shape index (κ2) is 6.09. The van der Waals surface area contributed by atoms with Gasteiger partial charge in [-0.1, -0.05) is 25.1 Å². The minimum Gasteiger partial charge on any atom is -0.478 e. The van der Waals surface area contributed by atoms with E-state index in [1.165, 1.54) is 0 Å². The zero-order valence-corrected chi connectivity index (χ0v) is 12.2. The molecule has 20 heavy (non-hydrogen) atoms. The number of para-hydroxylation sites is 1. The summed E-state index contributed by atoms with van der Waals surface area (Å²) in [5, 5.41) is 10.1. The molecule has 0 fully saturated rings. The number of carboxylic acids is 1. The highest BCUT2D eigenvalue weighted by Crippen LogP contribution is 2.27. The quantitative estimate of drug-likeness (QED) is 0.872. The van der Waals surface area contributed by atoms with Gasteiger partial charge in [-0.3, -0.25) is 4.90 Å². The minimum atomic E-state index is -0.926. The molecule has 2 aromatic rings. The lowest BCUT2D eigenvalue weighted by Crippen LogP contribution is -2.31. The largest absolute Gasteiger partial charge is 0.478 e. The highest BCUT2D eigenvalue weighted by atomic mass is 16.4. The molecular formula is C16H21NO3. The van der Waals surface area contributed by atoms with Crippen molar-refractivity contribution >= 4 is 16.9 Å². The standard InChI is InChI=1S/C16H21NO3/c1-4-9-17(11(2)3)10-14-15(16(18)19)12-7-5-6-8-13(12)20-14/h5-8,11H,4,9-10H2,1-3H3,(H,18,19). The second-order valence-electron chi connectivity index (χ2n) is 5.27. The van der Waals surface area contributed by atoms with E-state index >= 15 is 0 Å². The average Bonchev–Trinajstić information content (AvgIpc) is 2.76. The van der Waals surface area contributed by atoms with Gasteiger partial charge < -0.3 is 9.52 Å². The molecule has 1 heterocycles. The van der Waals surface area contributed by atoms with Crippen molar-refractivity contribution < 1.29 is 14.3 Å². The molecule has 0 radical (unpaired) electrons. The first-order valence-corrected chi connectivity index (χ1v) is 7.02. The SMILES string of the molecule is CCCN(Cc1oc2ccccc2c1C(=O)O)C(C)C. The van der Waals surface area contributed by atoms with Crippen LogP contribution in [0.4, 0.5) is 0 Å². The fourth-order valence-corrected chi connectivity index (χ4v) is 2.43. The Morgan fingerprint density at radius 2 is 2.05 bits per heavy atom. The van der Waals surface area contributed by atoms with Crippen molar-refractivity contribution in [3.8, 4) is 0 Å². The average molecular weight is 275 g/mol. The molecule has 4 nitrogen and oxygen atoms in total. The summed E-state index contributed by atoms with van der Waals surface area (Å²) in [6.07, 6.45) is 1.03. The Balaban J connectivity index is 2.42. The Morgan fingerprint density at radius 1 is 1.35 bits per heavy atom. The van der Waals surface area contributed by atoms with E-state index in [4.69, 9.17) is 4.42 Å². The number of hydrogen-bond acceptors (Lipinski definition) is 3. The first-order chi connectivity index (χ1) is 9.54. The third kappa shape index (κ3) is 2.85. The van der Waals surface area contributed by atoms with Crippen LogP contribution in [-0.2, 0) is 6.54 Å². The van der Waals surface area contributed by atoms with Crippen LogP contribution in [-0.4, -0.2) is 28.6 Å². The van der Waals surface area contributed by atoms with Gasteiger partial charge in [0.1, 0.15) is 16.9 Å². The van der Waals surface area contributed by atoms with Crippen LogP contribution in [0.15, 0.2) is 28.7 Å². The van der Waals surface area contributed by atoms with Crippen molar-refractivity contribution in [2.24, 2.45) is 0 Å². The third-order valence-corrected chi connectivity index (χ3v) is 3.47. The molecule has 0 atom stereocenters. The van der Waals surface area contributed by atoms with Crippen LogP contribution < -0.4 is 0 Å². The number of fused-ring (bicyclic) bond motifs is 1. The van der Waals surface area contributed by atoms with Gasteiger partial charge in [-0.2, -0.15) is 0 Å². The molecule has 108 valence electrons. The Labute approximate surface area is 119 Å². The Morgan fingerprint density at radius 3 is 2.65 bits per heavy atom. The molecule has 0 aliphatic heterocycles. The minimum absolute atomic E-state index is 0.294. The molecule has 1 N–H and O–H groups in total. The van der Waals surface area contributed by atoms with Crippen LogP contribution in [0.1, 0.15) is 43.3 Å². The van der Waals surface area contributed by atoms with Crippen molar-refractivity contribution in [2.45, 2.75) is 39.8 Å². The highest BCUT2D eigenvalue weighted by Gasteiger charge is 2.22. The molecule has 0 amide bonds. The van der Waals surface area contributed by atoms with E-state index in [9.17, 15) is 9.90 Å². The highest BCUT2D eigenvalue weighted by molar-refractivity contribution is 6.03. The zero-order valence-electron chi connectivity index (χ0n) is 12.2. The van der Waals surface area contributed by atoms with E-state index in [0.29, 0.717) is 34.9 Å². The lowest BCUT2D eigenvalue weighted by atomic mass is 10.1. The van der Waals surface area contributed by atoms with Crippen LogP contribution in [0.25, 0.3) is 11.0 Å². The van der Waals surface area contributed by atoms with Crippen LogP contribution in [0.3, 0.4) is 0 Å². The van der Waals surface area contributed by atoms with Gasteiger partial charge in [-0.05, 0) is 32.9 Å². The predicted molar refractivity (Wildman–Crippen MR) is 79.0 cm³/mol. The van der Waals surface area contributed by atoms with Gasteiger partial charge in [0.05, 0.1) is 6.54 Å². The summed E-state index contributed by atoms with van der Waals surface area (Å²) in [5.74, 6) is -0.383. The molecular weight excluding hydrogens is 254 g/mol. The molecule has 1 aromatic carbocycles. The Kier molecular flexibility index (Phi) is 4.45. The van der Waals surface area contributed by atoms with Gasteiger partial charge in [-0.25, -0.2) is 4.79 Å². The smallest absolute Gasteiger partial charge is 0.339 e. The fraction of sp³-hybridized carbons (Fsp3) is 0.438. The molecule has 2 rings (SSSR count). The van der Waals surface area contributed by atoms with Crippen LogP contribution in [0.2, 0.25) is 0 Å². The zero-order chi connectivity index (χ0) is 14.7. The van der Waals surface area contributed by atoms with Gasteiger partial charge in [0.25, 0.3) is 0 Å². The number of benzene rings is 1. The molecule has 0 bridgehead atoms. The number of rotatable bonds is 6. The van der Waals surface area contributed by atoms with E-state index in [2.05, 4.69) is 25.7 Å². The lowest BCUT2D eigenvalue weighted by Gasteiger charge is -2.24. The van der Waals surface area contributed by atoms with Crippen molar-refractivity contribution in [1.82, 2.24) is 4.90 Å². The molecule has 0 aliphatic rings. The molecule has 1 aromatic heterocycles. The fourth-order valence-electron chi connectivity index (χ4n) is 2.43. The maximum absolute atomic E-state index is 11.5. The summed E-state index contributed by atoms with van der Waals surface area (Å²) in [6.45, 7) is 7.79. The lowest BCUT2D eigenvalue weighted by molar-refractivity contribution is 0.0693. The number of carboxylic acid groups (broad SMARTS) is 1. The third-order valence-electron chi connectivity index (χ3n) is 3.47. The van der Waals surface area contributed by atoms with E-state index in [1.54, 1.807) is 6.07 Å². The summed E-state index contributed by atoms with van der Waals surface area (Å²) in [6, 6.07) is 7.65. The molecule has 0 saturated heterocycles. The van der Waals surface area contributed by atoms with Crippen molar-refractivity contribution in [3.63, 3.8) is 0 Å². The first-order valence-electron chi connectivity index (χ1n) is 7.02. The predicted octanol–water partition coefficient (Wildman–Crippen LogP) is 3.75. The van der Waals surface area contributed by atoms with E-state index < -0.39 is 5.97 Å². The van der Waals surface area contributed by atoms with E-state index in [1.807, 2.05) is 18.2 Å². The number of carbonyl (C=O) groups is 1. The number of furan rings is 1. The summed E-state index contributed by atoms with van der Waals surface area (Å²) < 4.78 is 5.76. The maximum atomic E-state index is 11.5. The van der Waals surface area contributed by atoms with Crippen molar-refractivity contribution in [3.05, 3.63) is 35.6 Å². The Hall–Kier alpha value is -1.81. The summed E-state index contributed by atoms with van der Waals surface area (Å²) in [4.78, 5) is 13.8. The van der Waals surface area contributed by atoms with E-state index in [-0.39, 0.29) is 0 Å². The number of nitrogens with zero attached hydrogens (tertiary/aromatic N) is 1. The number of hydrogen-bond donors (Lipinski definition) is 1. The normalized spacial score (nSPS) is 11.7. The summed E-state index contributed by atoms with van der Waals surface area (Å²) >= 11 is 0. The van der Waals surface area contributed by atoms with Crippen molar-refractivity contribution in [2.75, 3.05) is 6.54 Å². The summed E-state index contributed by atoms with van der Waals surface area (Å²) in [5.41, 5.74) is 0.933. The monoisotopic (exact) mass is 275 g/mol. The number of aromatic carboxylic acids is 1. The molecule has 0 aliphatic carbocycles. The molecule has 0 spiro atoms. The van der Waals surface area contributed by atoms with Crippen LogP contribution in [0.5, 0.6) is 0 Å². The van der Waals surface area contributed by atoms with Gasteiger partial charge in [0.2, 0.25) is 0 Å². The van der Waals surface area contributed by atoms with Gasteiger partial charge in [0, 0.05) is 11.4 Å². The first kappa shape index (κ1) is 14.6. The van der Waals surface area contributed by atoms with Gasteiger partial charge >= 0.3 is 5.97 Å². The Bertz CT molecular complexity index is 601. The topological polar surface area (TPSA) is 53.7 Å². The van der Waals surface area contributed by atoms with Gasteiger partial charge in [-0.15, -0.1) is 0 Å². The van der Waals surface area contributed by atoms with E-state index in [0.717, 1.165) is 13.0 Å². The second-order valence-corrected chi connectivity index (χ2v) is 5.27. The van der Waals surface area contributed by atoms with Gasteiger partial charge in [0.15, 0.2) is 0 Å².